The lowest BCUT2D eigenvalue weighted by Gasteiger charge is -2.39. The highest BCUT2D eigenvalue weighted by atomic mass is 31.1. The van der Waals surface area contributed by atoms with Crippen LogP contribution in [0.4, 0.5) is 0 Å². The average Bonchev–Trinajstić information content (AvgIpc) is 2.36. The maximum atomic E-state index is 10.5. The van der Waals surface area contributed by atoms with Crippen LogP contribution in [-0.4, -0.2) is 73.6 Å². The smallest absolute Gasteiger partial charge is 0.388 e. The number of aliphatic hydroxyl groups is 4. The first-order valence-corrected chi connectivity index (χ1v) is 7.49. The second-order valence-electron chi connectivity index (χ2n) is 3.89. The molecule has 0 bridgehead atoms. The van der Waals surface area contributed by atoms with Crippen LogP contribution in [0.3, 0.4) is 0 Å². The van der Waals surface area contributed by atoms with Crippen molar-refractivity contribution in [3.8, 4) is 0 Å². The van der Waals surface area contributed by atoms with E-state index in [0.717, 1.165) is 0 Å². The molecule has 1 aliphatic heterocycles. The Morgan fingerprint density at radius 3 is 2.15 bits per heavy atom. The standard InChI is InChI=1S/C7H12O11P2/c8-2(1-16-19(12)13)6-4(10)3(9)5(11)7(17-6)18-20(14)15/h2-11H,1H2/p+2/t2-,3+,4+,5?,6?,7-/m1/s1. The highest BCUT2D eigenvalue weighted by molar-refractivity contribution is 7.32. The van der Waals surface area contributed by atoms with Crippen LogP contribution >= 0.6 is 16.5 Å². The number of aliphatic hydroxyl groups excluding tert-OH is 4. The maximum Gasteiger partial charge on any atom is 0.697 e. The van der Waals surface area contributed by atoms with E-state index in [1.165, 1.54) is 0 Å². The first-order chi connectivity index (χ1) is 9.23. The fraction of sp³-hybridized carbons (Fsp3) is 1.00. The van der Waals surface area contributed by atoms with Gasteiger partial charge in [0, 0.05) is 9.13 Å². The van der Waals surface area contributed by atoms with Crippen molar-refractivity contribution >= 4 is 16.5 Å². The molecule has 0 spiro atoms. The van der Waals surface area contributed by atoms with E-state index in [-0.39, 0.29) is 0 Å². The van der Waals surface area contributed by atoms with Gasteiger partial charge in [0.25, 0.3) is 0 Å². The summed E-state index contributed by atoms with van der Waals surface area (Å²) in [5.74, 6) is 0. The van der Waals surface area contributed by atoms with Gasteiger partial charge < -0.3 is 25.2 Å². The quantitative estimate of drug-likeness (QED) is 0.281. The van der Waals surface area contributed by atoms with Crippen LogP contribution in [0.25, 0.3) is 0 Å². The molecule has 4 unspecified atom stereocenters. The minimum absolute atomic E-state index is 0.714. The van der Waals surface area contributed by atoms with E-state index in [1.54, 1.807) is 0 Å². The van der Waals surface area contributed by atoms with Crippen molar-refractivity contribution in [2.75, 3.05) is 6.61 Å². The molecule has 1 heterocycles. The van der Waals surface area contributed by atoms with Crippen LogP contribution in [-0.2, 0) is 22.9 Å². The molecule has 20 heavy (non-hydrogen) atoms. The van der Waals surface area contributed by atoms with Gasteiger partial charge >= 0.3 is 16.5 Å². The Kier molecular flexibility index (Phi) is 6.92. The minimum Gasteiger partial charge on any atom is -0.388 e. The number of ether oxygens (including phenoxy) is 1. The molecule has 13 heteroatoms. The molecule has 0 aromatic rings. The fourth-order valence-electron chi connectivity index (χ4n) is 1.60. The Balaban J connectivity index is 2.73. The van der Waals surface area contributed by atoms with Crippen molar-refractivity contribution in [1.29, 1.82) is 0 Å². The molecule has 0 aromatic carbocycles. The lowest BCUT2D eigenvalue weighted by atomic mass is 9.96. The summed E-state index contributed by atoms with van der Waals surface area (Å²) in [5, 5.41) is 38.2. The molecule has 116 valence electrons. The second-order valence-corrected chi connectivity index (χ2v) is 5.31. The normalized spacial score (nSPS) is 37.4. The topological polar surface area (TPSA) is 183 Å². The Bertz CT molecular complexity index is 365. The van der Waals surface area contributed by atoms with Crippen molar-refractivity contribution < 1.29 is 53.1 Å². The van der Waals surface area contributed by atoms with E-state index < -0.39 is 59.9 Å². The van der Waals surface area contributed by atoms with Gasteiger partial charge in [-0.25, -0.2) is 0 Å². The van der Waals surface area contributed by atoms with Gasteiger partial charge in [0.05, 0.1) is 0 Å². The molecule has 0 amide bonds. The molecular weight excluding hydrogens is 322 g/mol. The third-order valence-electron chi connectivity index (χ3n) is 2.54. The molecule has 1 saturated heterocycles. The Hall–Kier alpha value is -0.160. The lowest BCUT2D eigenvalue weighted by Crippen LogP contribution is -2.61. The van der Waals surface area contributed by atoms with Crippen LogP contribution in [0.5, 0.6) is 0 Å². The van der Waals surface area contributed by atoms with Crippen LogP contribution in [0.15, 0.2) is 0 Å². The first-order valence-electron chi connectivity index (χ1n) is 5.23. The van der Waals surface area contributed by atoms with Crippen molar-refractivity contribution in [3.05, 3.63) is 0 Å². The van der Waals surface area contributed by atoms with Crippen molar-refractivity contribution in [1.82, 2.24) is 0 Å². The predicted molar refractivity (Wildman–Crippen MR) is 59.4 cm³/mol. The minimum atomic E-state index is -3.17. The predicted octanol–water partition coefficient (Wildman–Crippen LogP) is -2.51. The second kappa shape index (κ2) is 7.74. The van der Waals surface area contributed by atoms with Gasteiger partial charge in [-0.1, -0.05) is 4.52 Å². The van der Waals surface area contributed by atoms with Gasteiger partial charge in [0.2, 0.25) is 6.29 Å². The molecular formula is C7H14O11P2+2. The average molecular weight is 336 g/mol. The third kappa shape index (κ3) is 4.69. The van der Waals surface area contributed by atoms with Crippen molar-refractivity contribution in [2.24, 2.45) is 0 Å². The molecule has 0 aliphatic carbocycles. The van der Waals surface area contributed by atoms with Crippen molar-refractivity contribution in [3.63, 3.8) is 0 Å². The first kappa shape index (κ1) is 17.9. The van der Waals surface area contributed by atoms with E-state index in [9.17, 15) is 29.6 Å². The Morgan fingerprint density at radius 2 is 1.65 bits per heavy atom. The molecule has 0 saturated carbocycles. The molecule has 6 N–H and O–H groups in total. The molecule has 8 atom stereocenters. The van der Waals surface area contributed by atoms with Gasteiger partial charge in [-0.2, -0.15) is 0 Å². The van der Waals surface area contributed by atoms with E-state index >= 15 is 0 Å². The molecule has 11 nitrogen and oxygen atoms in total. The SMILES string of the molecule is O=[P+](O)OC[C@@H](O)C1O[C@H](O[P+](=O)O)C(O)[C@@H](O)[C@@H]1O. The van der Waals surface area contributed by atoms with Crippen LogP contribution in [0.1, 0.15) is 0 Å². The van der Waals surface area contributed by atoms with Gasteiger partial charge in [0.1, 0.15) is 37.1 Å². The van der Waals surface area contributed by atoms with E-state index in [4.69, 9.17) is 14.5 Å². The molecule has 1 rings (SSSR count). The van der Waals surface area contributed by atoms with Gasteiger partial charge in [0.15, 0.2) is 0 Å². The number of hydrogen-bond donors (Lipinski definition) is 6. The monoisotopic (exact) mass is 336 g/mol. The summed E-state index contributed by atoms with van der Waals surface area (Å²) in [6.07, 6.45) is -10.4. The molecule has 1 aliphatic rings. The number of rotatable bonds is 6. The Morgan fingerprint density at radius 1 is 1.05 bits per heavy atom. The number of hydrogen-bond acceptors (Lipinski definition) is 9. The van der Waals surface area contributed by atoms with Gasteiger partial charge in [-0.05, 0) is 0 Å². The molecule has 0 aromatic heterocycles. The van der Waals surface area contributed by atoms with Gasteiger partial charge in [-0.3, -0.25) is 0 Å². The largest absolute Gasteiger partial charge is 0.697 e. The Labute approximate surface area is 114 Å². The van der Waals surface area contributed by atoms with Crippen LogP contribution < -0.4 is 0 Å². The molecule has 0 radical (unpaired) electrons. The highest BCUT2D eigenvalue weighted by Crippen LogP contribution is 2.30. The van der Waals surface area contributed by atoms with Crippen LogP contribution in [0, 0.1) is 0 Å². The van der Waals surface area contributed by atoms with E-state index in [2.05, 4.69) is 9.05 Å². The van der Waals surface area contributed by atoms with E-state index in [0.29, 0.717) is 0 Å². The van der Waals surface area contributed by atoms with E-state index in [1.807, 2.05) is 0 Å². The summed E-state index contributed by atoms with van der Waals surface area (Å²) >= 11 is 0. The summed E-state index contributed by atoms with van der Waals surface area (Å²) < 4.78 is 34.2. The maximum absolute atomic E-state index is 10.5. The zero-order valence-corrected chi connectivity index (χ0v) is 11.6. The summed E-state index contributed by atoms with van der Waals surface area (Å²) in [5.41, 5.74) is 0. The summed E-state index contributed by atoms with van der Waals surface area (Å²) in [4.78, 5) is 17.0. The zero-order valence-electron chi connectivity index (χ0n) is 9.79. The summed E-state index contributed by atoms with van der Waals surface area (Å²) in [6, 6.07) is 0. The van der Waals surface area contributed by atoms with Crippen LogP contribution in [0.2, 0.25) is 0 Å². The lowest BCUT2D eigenvalue weighted by molar-refractivity contribution is -0.289. The highest BCUT2D eigenvalue weighted by Gasteiger charge is 2.50. The van der Waals surface area contributed by atoms with Gasteiger partial charge in [-0.15, -0.1) is 14.3 Å². The zero-order chi connectivity index (χ0) is 15.4. The third-order valence-corrected chi connectivity index (χ3v) is 3.29. The summed E-state index contributed by atoms with van der Waals surface area (Å²) in [7, 11) is -6.16. The summed E-state index contributed by atoms with van der Waals surface area (Å²) in [6.45, 7) is -0.714. The molecule has 1 fully saturated rings. The fourth-order valence-corrected chi connectivity index (χ4v) is 2.23. The van der Waals surface area contributed by atoms with Crippen molar-refractivity contribution in [2.45, 2.75) is 36.8 Å².